The van der Waals surface area contributed by atoms with E-state index in [1.54, 1.807) is 54.6 Å². The summed E-state index contributed by atoms with van der Waals surface area (Å²) in [6.45, 7) is 5.84. The summed E-state index contributed by atoms with van der Waals surface area (Å²) in [7, 11) is 0. The molecule has 1 aromatic heterocycles. The van der Waals surface area contributed by atoms with Gasteiger partial charge in [0.2, 0.25) is 5.95 Å². The van der Waals surface area contributed by atoms with Crippen molar-refractivity contribution in [2.24, 2.45) is 0 Å². The minimum Gasteiger partial charge on any atom is -0.488 e. The molecule has 0 spiro atoms. The molecule has 8 heteroatoms. The van der Waals surface area contributed by atoms with Crippen molar-refractivity contribution in [1.29, 1.82) is 0 Å². The van der Waals surface area contributed by atoms with E-state index in [4.69, 9.17) is 4.74 Å². The molecule has 0 aliphatic rings. The Morgan fingerprint density at radius 3 is 2.17 bits per heavy atom. The van der Waals surface area contributed by atoms with Gasteiger partial charge in [-0.25, -0.2) is 9.97 Å². The topological polar surface area (TPSA) is 47.0 Å². The quantitative estimate of drug-likeness (QED) is 0.474. The maximum atomic E-state index is 13.4. The highest BCUT2D eigenvalue weighted by Crippen LogP contribution is 2.38. The third kappa shape index (κ3) is 6.12. The van der Waals surface area contributed by atoms with Gasteiger partial charge in [0.1, 0.15) is 21.9 Å². The lowest BCUT2D eigenvalue weighted by Gasteiger charge is -2.21. The summed E-state index contributed by atoms with van der Waals surface area (Å²) in [6, 6.07) is 15.8. The van der Waals surface area contributed by atoms with Crippen LogP contribution in [0.3, 0.4) is 0 Å². The smallest absolute Gasteiger partial charge is 0.420 e. The number of hydrogen-bond donors (Lipinski definition) is 1. The average molecular weight is 419 g/mol. The van der Waals surface area contributed by atoms with E-state index in [0.717, 1.165) is 18.0 Å². The summed E-state index contributed by atoms with van der Waals surface area (Å²) in [6.07, 6.45) is -3.74. The van der Waals surface area contributed by atoms with E-state index in [2.05, 4.69) is 15.3 Å². The first-order valence-corrected chi connectivity index (χ1v) is 9.65. The van der Waals surface area contributed by atoms with Crippen LogP contribution in [0.25, 0.3) is 0 Å². The van der Waals surface area contributed by atoms with Crippen molar-refractivity contribution in [3.8, 4) is 5.75 Å². The second kappa shape index (κ2) is 8.32. The minimum absolute atomic E-state index is 0.0842. The molecule has 1 heterocycles. The normalized spacial score (nSPS) is 11.9. The molecular formula is C21H20F3N3OS. The Kier molecular flexibility index (Phi) is 6.02. The Morgan fingerprint density at radius 2 is 1.59 bits per heavy atom. The molecule has 0 saturated carbocycles. The maximum Gasteiger partial charge on any atom is 0.420 e. The number of nitrogens with one attached hydrogen (secondary N) is 1. The van der Waals surface area contributed by atoms with Gasteiger partial charge in [0, 0.05) is 16.8 Å². The van der Waals surface area contributed by atoms with Crippen LogP contribution < -0.4 is 10.1 Å². The fourth-order valence-electron chi connectivity index (χ4n) is 2.39. The van der Waals surface area contributed by atoms with Crippen LogP contribution >= 0.6 is 11.8 Å². The van der Waals surface area contributed by atoms with Gasteiger partial charge in [-0.05, 0) is 57.2 Å². The Morgan fingerprint density at radius 1 is 0.931 bits per heavy atom. The average Bonchev–Trinajstić information content (AvgIpc) is 2.62. The standard InChI is InChI=1S/C21H20F3N3OS/c1-20(2,3)28-15-11-9-14(10-12-15)26-19-25-13-17(21(22,23)24)18(27-19)29-16-7-5-4-6-8-16/h4-13H,1-3H3,(H,25,26,27). The Labute approximate surface area is 171 Å². The fourth-order valence-corrected chi connectivity index (χ4v) is 3.31. The summed E-state index contributed by atoms with van der Waals surface area (Å²) in [5, 5.41) is 2.78. The summed E-state index contributed by atoms with van der Waals surface area (Å²) >= 11 is 0.944. The Balaban J connectivity index is 1.83. The molecule has 0 saturated heterocycles. The van der Waals surface area contributed by atoms with Crippen molar-refractivity contribution >= 4 is 23.4 Å². The van der Waals surface area contributed by atoms with Crippen molar-refractivity contribution in [2.75, 3.05) is 5.32 Å². The zero-order chi connectivity index (χ0) is 21.1. The number of ether oxygens (including phenoxy) is 1. The first-order chi connectivity index (χ1) is 13.6. The lowest BCUT2D eigenvalue weighted by molar-refractivity contribution is -0.140. The Hall–Kier alpha value is -2.74. The maximum absolute atomic E-state index is 13.4. The minimum atomic E-state index is -4.54. The molecule has 3 aromatic rings. The molecule has 4 nitrogen and oxygen atoms in total. The van der Waals surface area contributed by atoms with Crippen molar-refractivity contribution in [3.05, 3.63) is 66.4 Å². The van der Waals surface area contributed by atoms with Crippen LogP contribution in [0.15, 0.2) is 70.7 Å². The SMILES string of the molecule is CC(C)(C)Oc1ccc(Nc2ncc(C(F)(F)F)c(Sc3ccccc3)n2)cc1. The van der Waals surface area contributed by atoms with E-state index < -0.39 is 11.7 Å². The monoisotopic (exact) mass is 419 g/mol. The van der Waals surface area contributed by atoms with Gasteiger partial charge in [-0.2, -0.15) is 13.2 Å². The number of nitrogens with zero attached hydrogens (tertiary/aromatic N) is 2. The number of aromatic nitrogens is 2. The molecule has 0 aliphatic heterocycles. The highest BCUT2D eigenvalue weighted by molar-refractivity contribution is 7.99. The van der Waals surface area contributed by atoms with Gasteiger partial charge >= 0.3 is 6.18 Å². The second-order valence-electron chi connectivity index (χ2n) is 7.19. The van der Waals surface area contributed by atoms with E-state index >= 15 is 0 Å². The second-order valence-corrected chi connectivity index (χ2v) is 8.25. The predicted octanol–water partition coefficient (Wildman–Crippen LogP) is 6.57. The molecule has 0 fully saturated rings. The number of rotatable bonds is 5. The lowest BCUT2D eigenvalue weighted by atomic mass is 10.2. The highest BCUT2D eigenvalue weighted by atomic mass is 32.2. The molecule has 0 amide bonds. The van der Waals surface area contributed by atoms with Crippen LogP contribution in [0.5, 0.6) is 5.75 Å². The zero-order valence-corrected chi connectivity index (χ0v) is 16.9. The lowest BCUT2D eigenvalue weighted by Crippen LogP contribution is -2.22. The van der Waals surface area contributed by atoms with Crippen LogP contribution in [-0.4, -0.2) is 15.6 Å². The van der Waals surface area contributed by atoms with Gasteiger partial charge in [0.05, 0.1) is 0 Å². The van der Waals surface area contributed by atoms with Crippen LogP contribution in [-0.2, 0) is 6.18 Å². The van der Waals surface area contributed by atoms with Crippen molar-refractivity contribution in [1.82, 2.24) is 9.97 Å². The molecular weight excluding hydrogens is 399 g/mol. The van der Waals surface area contributed by atoms with E-state index in [-0.39, 0.29) is 16.6 Å². The molecule has 1 N–H and O–H groups in total. The van der Waals surface area contributed by atoms with E-state index in [1.807, 2.05) is 20.8 Å². The summed E-state index contributed by atoms with van der Waals surface area (Å²) in [5.41, 5.74) is -0.554. The Bertz CT molecular complexity index is 956. The van der Waals surface area contributed by atoms with Crippen LogP contribution in [0, 0.1) is 0 Å². The molecule has 0 atom stereocenters. The van der Waals surface area contributed by atoms with Crippen molar-refractivity contribution in [3.63, 3.8) is 0 Å². The third-order valence-electron chi connectivity index (χ3n) is 3.55. The molecule has 0 radical (unpaired) electrons. The van der Waals surface area contributed by atoms with Crippen LogP contribution in [0.1, 0.15) is 26.3 Å². The molecule has 0 unspecified atom stereocenters. The number of hydrogen-bond acceptors (Lipinski definition) is 5. The number of alkyl halides is 3. The van der Waals surface area contributed by atoms with E-state index in [9.17, 15) is 13.2 Å². The molecule has 29 heavy (non-hydrogen) atoms. The zero-order valence-electron chi connectivity index (χ0n) is 16.1. The van der Waals surface area contributed by atoms with E-state index in [0.29, 0.717) is 16.3 Å². The number of benzene rings is 2. The molecule has 0 aliphatic carbocycles. The van der Waals surface area contributed by atoms with Gasteiger partial charge < -0.3 is 10.1 Å². The fraction of sp³-hybridized carbons (Fsp3) is 0.238. The first kappa shape index (κ1) is 21.0. The van der Waals surface area contributed by atoms with Crippen molar-refractivity contribution < 1.29 is 17.9 Å². The first-order valence-electron chi connectivity index (χ1n) is 8.83. The number of halogens is 3. The van der Waals surface area contributed by atoms with Crippen molar-refractivity contribution in [2.45, 2.75) is 42.5 Å². The predicted molar refractivity (Wildman–Crippen MR) is 108 cm³/mol. The third-order valence-corrected chi connectivity index (χ3v) is 4.56. The van der Waals surface area contributed by atoms with Gasteiger partial charge in [0.25, 0.3) is 0 Å². The number of anilines is 2. The molecule has 2 aromatic carbocycles. The van der Waals surface area contributed by atoms with Gasteiger partial charge in [0.15, 0.2) is 0 Å². The molecule has 0 bridgehead atoms. The van der Waals surface area contributed by atoms with E-state index in [1.165, 1.54) is 0 Å². The van der Waals surface area contributed by atoms with Gasteiger partial charge in [-0.1, -0.05) is 30.0 Å². The van der Waals surface area contributed by atoms with Crippen LogP contribution in [0.4, 0.5) is 24.8 Å². The summed E-state index contributed by atoms with van der Waals surface area (Å²) in [5.74, 6) is 0.776. The van der Waals surface area contributed by atoms with Gasteiger partial charge in [-0.15, -0.1) is 0 Å². The summed E-state index contributed by atoms with van der Waals surface area (Å²) in [4.78, 5) is 8.60. The largest absolute Gasteiger partial charge is 0.488 e. The highest BCUT2D eigenvalue weighted by Gasteiger charge is 2.35. The summed E-state index contributed by atoms with van der Waals surface area (Å²) < 4.78 is 45.8. The van der Waals surface area contributed by atoms with Crippen LogP contribution in [0.2, 0.25) is 0 Å². The molecule has 152 valence electrons. The van der Waals surface area contributed by atoms with Gasteiger partial charge in [-0.3, -0.25) is 0 Å². The molecule has 3 rings (SSSR count).